The Bertz CT molecular complexity index is 909. The number of aromatic amines is 1. The van der Waals surface area contributed by atoms with Crippen LogP contribution in [0.5, 0.6) is 0 Å². The van der Waals surface area contributed by atoms with Crippen molar-refractivity contribution in [1.82, 2.24) is 19.6 Å². The molecule has 3 aromatic rings. The predicted octanol–water partition coefficient (Wildman–Crippen LogP) is 1.09. The minimum absolute atomic E-state index is 0.0864. The highest BCUT2D eigenvalue weighted by Crippen LogP contribution is 2.20. The molecule has 0 fully saturated rings. The van der Waals surface area contributed by atoms with E-state index in [2.05, 4.69) is 20.5 Å². The molecule has 2 heterocycles. The normalized spacial score (nSPS) is 11.4. The fraction of sp³-hybridized carbons (Fsp3) is 0.231. The van der Waals surface area contributed by atoms with Gasteiger partial charge in [0.1, 0.15) is 0 Å². The van der Waals surface area contributed by atoms with E-state index < -0.39 is 11.7 Å². The number of aromatic nitrogens is 4. The molecule has 3 N–H and O–H groups in total. The monoisotopic (exact) mass is 287 g/mol. The number of carboxylic acids is 1. The number of carbonyl (C=O) groups is 1. The fourth-order valence-electron chi connectivity index (χ4n) is 2.15. The average molecular weight is 287 g/mol. The fourth-order valence-corrected chi connectivity index (χ4v) is 2.15. The summed E-state index contributed by atoms with van der Waals surface area (Å²) in [5, 5.41) is 18.5. The SMILES string of the molecule is CC(C)Nc1nc2ccc(C(=O)O)cc2n2c(=O)[nH]nc12. The van der Waals surface area contributed by atoms with Crippen molar-refractivity contribution in [3.05, 3.63) is 34.2 Å². The molecular weight excluding hydrogens is 274 g/mol. The molecule has 1 aromatic carbocycles. The van der Waals surface area contributed by atoms with Gasteiger partial charge < -0.3 is 10.4 Å². The summed E-state index contributed by atoms with van der Waals surface area (Å²) in [6, 6.07) is 4.55. The first-order valence-corrected chi connectivity index (χ1v) is 6.38. The number of aromatic carboxylic acids is 1. The maximum Gasteiger partial charge on any atom is 0.348 e. The van der Waals surface area contributed by atoms with E-state index in [0.717, 1.165) is 0 Å². The predicted molar refractivity (Wildman–Crippen MR) is 76.8 cm³/mol. The number of benzene rings is 1. The zero-order chi connectivity index (χ0) is 15.1. The van der Waals surface area contributed by atoms with Crippen LogP contribution in [0, 0.1) is 0 Å². The summed E-state index contributed by atoms with van der Waals surface area (Å²) < 4.78 is 1.32. The first-order chi connectivity index (χ1) is 9.97. The smallest absolute Gasteiger partial charge is 0.348 e. The van der Waals surface area contributed by atoms with Crippen molar-refractivity contribution >= 4 is 28.5 Å². The molecule has 0 bridgehead atoms. The van der Waals surface area contributed by atoms with Crippen molar-refractivity contribution in [3.8, 4) is 0 Å². The van der Waals surface area contributed by atoms with Gasteiger partial charge >= 0.3 is 11.7 Å². The van der Waals surface area contributed by atoms with Crippen LogP contribution >= 0.6 is 0 Å². The number of carboxylic acid groups (broad SMARTS) is 1. The van der Waals surface area contributed by atoms with Gasteiger partial charge in [-0.15, -0.1) is 5.10 Å². The van der Waals surface area contributed by atoms with Crippen molar-refractivity contribution in [1.29, 1.82) is 0 Å². The van der Waals surface area contributed by atoms with E-state index in [0.29, 0.717) is 22.5 Å². The van der Waals surface area contributed by atoms with Gasteiger partial charge in [-0.25, -0.2) is 24.1 Å². The van der Waals surface area contributed by atoms with Crippen molar-refractivity contribution < 1.29 is 9.90 Å². The standard InChI is InChI=1S/C13H13N5O3/c1-6(2)14-10-11-16-17-13(21)18(11)9-5-7(12(19)20)3-4-8(9)15-10/h3-6H,1-2H3,(H,14,15)(H,17,21)(H,19,20). The van der Waals surface area contributed by atoms with Crippen LogP contribution in [-0.2, 0) is 0 Å². The molecule has 0 atom stereocenters. The summed E-state index contributed by atoms with van der Waals surface area (Å²) in [5.74, 6) is -0.593. The number of nitrogens with zero attached hydrogens (tertiary/aromatic N) is 3. The lowest BCUT2D eigenvalue weighted by atomic mass is 10.2. The third kappa shape index (κ3) is 2.10. The van der Waals surface area contributed by atoms with E-state index in [1.165, 1.54) is 16.5 Å². The van der Waals surface area contributed by atoms with E-state index >= 15 is 0 Å². The lowest BCUT2D eigenvalue weighted by Gasteiger charge is -2.11. The zero-order valence-electron chi connectivity index (χ0n) is 11.4. The highest BCUT2D eigenvalue weighted by Gasteiger charge is 2.15. The van der Waals surface area contributed by atoms with Crippen molar-refractivity contribution in [2.75, 3.05) is 5.32 Å². The number of H-pyrrole nitrogens is 1. The third-order valence-corrected chi connectivity index (χ3v) is 3.01. The minimum Gasteiger partial charge on any atom is -0.478 e. The molecule has 0 aliphatic heterocycles. The van der Waals surface area contributed by atoms with E-state index in [4.69, 9.17) is 5.11 Å². The molecule has 0 saturated heterocycles. The van der Waals surface area contributed by atoms with Gasteiger partial charge in [0.05, 0.1) is 16.6 Å². The van der Waals surface area contributed by atoms with Crippen molar-refractivity contribution in [2.24, 2.45) is 0 Å². The Balaban J connectivity index is 2.41. The van der Waals surface area contributed by atoms with Gasteiger partial charge in [-0.1, -0.05) is 0 Å². The van der Waals surface area contributed by atoms with Crippen LogP contribution in [0.25, 0.3) is 16.7 Å². The molecule has 0 unspecified atom stereocenters. The van der Waals surface area contributed by atoms with Crippen molar-refractivity contribution in [3.63, 3.8) is 0 Å². The van der Waals surface area contributed by atoms with Gasteiger partial charge in [-0.05, 0) is 32.0 Å². The molecule has 8 nitrogen and oxygen atoms in total. The second-order valence-electron chi connectivity index (χ2n) is 4.96. The topological polar surface area (TPSA) is 112 Å². The molecule has 0 amide bonds. The second kappa shape index (κ2) is 4.58. The lowest BCUT2D eigenvalue weighted by Crippen LogP contribution is -2.16. The average Bonchev–Trinajstić information content (AvgIpc) is 2.80. The van der Waals surface area contributed by atoms with Crippen LogP contribution in [-0.4, -0.2) is 36.7 Å². The lowest BCUT2D eigenvalue weighted by molar-refractivity contribution is 0.0697. The summed E-state index contributed by atoms with van der Waals surface area (Å²) in [4.78, 5) is 27.4. The summed E-state index contributed by atoms with van der Waals surface area (Å²) in [5.41, 5.74) is 0.899. The quantitative estimate of drug-likeness (QED) is 0.664. The van der Waals surface area contributed by atoms with Crippen LogP contribution in [0.2, 0.25) is 0 Å². The molecule has 8 heteroatoms. The van der Waals surface area contributed by atoms with Gasteiger partial charge in [0.15, 0.2) is 5.82 Å². The van der Waals surface area contributed by atoms with Crippen LogP contribution in [0.3, 0.4) is 0 Å². The van der Waals surface area contributed by atoms with Gasteiger partial charge in [0, 0.05) is 6.04 Å². The highest BCUT2D eigenvalue weighted by atomic mass is 16.4. The number of hydrogen-bond acceptors (Lipinski definition) is 5. The molecule has 0 aliphatic carbocycles. The first-order valence-electron chi connectivity index (χ1n) is 6.38. The Labute approximate surface area is 118 Å². The molecule has 108 valence electrons. The highest BCUT2D eigenvalue weighted by molar-refractivity contribution is 5.93. The van der Waals surface area contributed by atoms with Crippen LogP contribution < -0.4 is 11.0 Å². The van der Waals surface area contributed by atoms with Crippen LogP contribution in [0.4, 0.5) is 5.82 Å². The number of anilines is 1. The maximum atomic E-state index is 12.0. The Hall–Kier alpha value is -2.90. The van der Waals surface area contributed by atoms with E-state index in [1.54, 1.807) is 6.07 Å². The minimum atomic E-state index is -1.06. The van der Waals surface area contributed by atoms with Crippen LogP contribution in [0.15, 0.2) is 23.0 Å². The van der Waals surface area contributed by atoms with E-state index in [1.807, 2.05) is 13.8 Å². The maximum absolute atomic E-state index is 12.0. The molecule has 21 heavy (non-hydrogen) atoms. The summed E-state index contributed by atoms with van der Waals surface area (Å²) in [6.07, 6.45) is 0. The molecule has 3 rings (SSSR count). The first kappa shape index (κ1) is 13.1. The van der Waals surface area contributed by atoms with E-state index in [9.17, 15) is 9.59 Å². The van der Waals surface area contributed by atoms with Gasteiger partial charge in [0.25, 0.3) is 0 Å². The largest absolute Gasteiger partial charge is 0.478 e. The number of nitrogens with one attached hydrogen (secondary N) is 2. The van der Waals surface area contributed by atoms with Gasteiger partial charge in [-0.2, -0.15) is 0 Å². The molecule has 0 aliphatic rings. The summed E-state index contributed by atoms with van der Waals surface area (Å²) in [7, 11) is 0. The molecule has 0 radical (unpaired) electrons. The third-order valence-electron chi connectivity index (χ3n) is 3.01. The molecule has 0 saturated carbocycles. The van der Waals surface area contributed by atoms with E-state index in [-0.39, 0.29) is 11.6 Å². The Morgan fingerprint density at radius 1 is 1.43 bits per heavy atom. The summed E-state index contributed by atoms with van der Waals surface area (Å²) >= 11 is 0. The van der Waals surface area contributed by atoms with Gasteiger partial charge in [-0.3, -0.25) is 0 Å². The Morgan fingerprint density at radius 3 is 2.86 bits per heavy atom. The molecular formula is C13H13N5O3. The number of rotatable bonds is 3. The molecule has 2 aromatic heterocycles. The van der Waals surface area contributed by atoms with Gasteiger partial charge in [0.2, 0.25) is 5.65 Å². The van der Waals surface area contributed by atoms with Crippen molar-refractivity contribution in [2.45, 2.75) is 19.9 Å². The Kier molecular flexibility index (Phi) is 2.86. The Morgan fingerprint density at radius 2 is 2.19 bits per heavy atom. The van der Waals surface area contributed by atoms with Crippen LogP contribution in [0.1, 0.15) is 24.2 Å². The second-order valence-corrected chi connectivity index (χ2v) is 4.96. The number of fused-ring (bicyclic) bond motifs is 3. The molecule has 0 spiro atoms. The number of hydrogen-bond donors (Lipinski definition) is 3. The zero-order valence-corrected chi connectivity index (χ0v) is 11.4. The summed E-state index contributed by atoms with van der Waals surface area (Å²) in [6.45, 7) is 3.89.